The minimum atomic E-state index is -1.32. The lowest BCUT2D eigenvalue weighted by atomic mass is 10.2. The molecule has 0 aliphatic carbocycles. The molecule has 0 saturated heterocycles. The van der Waals surface area contributed by atoms with Crippen LogP contribution in [0.2, 0.25) is 0 Å². The first-order chi connectivity index (χ1) is 8.86. The quantitative estimate of drug-likeness (QED) is 0.415. The highest BCUT2D eigenvalue weighted by molar-refractivity contribution is 5.86. The smallest absolute Gasteiger partial charge is 0.326 e. The van der Waals surface area contributed by atoms with Crippen LogP contribution in [0.3, 0.4) is 0 Å². The van der Waals surface area contributed by atoms with Crippen LogP contribution >= 0.6 is 0 Å². The van der Waals surface area contributed by atoms with Crippen molar-refractivity contribution >= 4 is 18.0 Å². The third kappa shape index (κ3) is 8.83. The first-order valence-corrected chi connectivity index (χ1v) is 5.82. The summed E-state index contributed by atoms with van der Waals surface area (Å²) in [6.07, 6.45) is -0.377. The summed E-state index contributed by atoms with van der Waals surface area (Å²) in [7, 11) is 1.14. The molecular weight excluding hydrogens is 256 g/mol. The van der Waals surface area contributed by atoms with Crippen LogP contribution in [0, 0.1) is 0 Å². The number of ether oxygens (including phenoxy) is 2. The van der Waals surface area contributed by atoms with Crippen molar-refractivity contribution in [1.82, 2.24) is 10.6 Å². The summed E-state index contributed by atoms with van der Waals surface area (Å²) in [5.74, 6) is -2.02. The van der Waals surface area contributed by atoms with Crippen molar-refractivity contribution in [3.63, 3.8) is 0 Å². The molecule has 19 heavy (non-hydrogen) atoms. The summed E-state index contributed by atoms with van der Waals surface area (Å²) in [5.41, 5.74) is 0. The fraction of sp³-hybridized carbons (Fsp3) is 0.727. The number of amides is 2. The van der Waals surface area contributed by atoms with Gasteiger partial charge in [-0.3, -0.25) is 4.79 Å². The van der Waals surface area contributed by atoms with Crippen LogP contribution in [0.4, 0.5) is 4.79 Å². The van der Waals surface area contributed by atoms with Gasteiger partial charge in [0.2, 0.25) is 0 Å². The molecule has 110 valence electrons. The zero-order chi connectivity index (χ0) is 14.8. The molecule has 0 radical (unpaired) electrons. The van der Waals surface area contributed by atoms with Gasteiger partial charge in [0.15, 0.2) is 0 Å². The number of carboxylic acids is 1. The highest BCUT2D eigenvalue weighted by Crippen LogP contribution is 1.95. The van der Waals surface area contributed by atoms with E-state index < -0.39 is 30.4 Å². The van der Waals surface area contributed by atoms with Crippen molar-refractivity contribution in [2.75, 3.05) is 20.3 Å². The summed E-state index contributed by atoms with van der Waals surface area (Å²) in [6.45, 7) is 4.28. The predicted molar refractivity (Wildman–Crippen MR) is 65.7 cm³/mol. The summed E-state index contributed by atoms with van der Waals surface area (Å²) in [4.78, 5) is 33.2. The van der Waals surface area contributed by atoms with Crippen molar-refractivity contribution in [3.05, 3.63) is 0 Å². The second-order valence-corrected chi connectivity index (χ2v) is 3.99. The van der Waals surface area contributed by atoms with Crippen LogP contribution in [-0.2, 0) is 19.1 Å². The molecule has 3 N–H and O–H groups in total. The number of carbonyl (C=O) groups excluding carboxylic acids is 2. The van der Waals surface area contributed by atoms with Gasteiger partial charge in [0.25, 0.3) is 0 Å². The van der Waals surface area contributed by atoms with Gasteiger partial charge in [-0.25, -0.2) is 9.59 Å². The first kappa shape index (κ1) is 17.2. The van der Waals surface area contributed by atoms with E-state index in [1.54, 1.807) is 0 Å². The lowest BCUT2D eigenvalue weighted by Crippen LogP contribution is -2.47. The molecule has 0 unspecified atom stereocenters. The number of rotatable bonds is 8. The zero-order valence-electron chi connectivity index (χ0n) is 11.3. The van der Waals surface area contributed by atoms with E-state index in [-0.39, 0.29) is 12.6 Å². The summed E-state index contributed by atoms with van der Waals surface area (Å²) < 4.78 is 9.54. The molecule has 0 fully saturated rings. The van der Waals surface area contributed by atoms with Crippen LogP contribution in [0.1, 0.15) is 20.3 Å². The van der Waals surface area contributed by atoms with E-state index in [2.05, 4.69) is 15.4 Å². The van der Waals surface area contributed by atoms with Crippen LogP contribution < -0.4 is 10.6 Å². The van der Waals surface area contributed by atoms with E-state index in [4.69, 9.17) is 9.84 Å². The van der Waals surface area contributed by atoms with Gasteiger partial charge in [0.1, 0.15) is 6.04 Å². The van der Waals surface area contributed by atoms with Crippen molar-refractivity contribution in [2.45, 2.75) is 32.4 Å². The standard InChI is InChI=1S/C11H20N2O6/c1-7(2)19-5-4-12-11(17)13-8(10(15)16)6-9(14)18-3/h7-8H,4-6H2,1-3H3,(H,15,16)(H2,12,13,17)/t8-/m0/s1. The Bertz CT molecular complexity index is 318. The molecule has 0 aromatic rings. The monoisotopic (exact) mass is 276 g/mol. The van der Waals surface area contributed by atoms with E-state index >= 15 is 0 Å². The number of aliphatic carboxylic acids is 1. The molecule has 0 aliphatic rings. The van der Waals surface area contributed by atoms with Crippen LogP contribution in [0.15, 0.2) is 0 Å². The van der Waals surface area contributed by atoms with Gasteiger partial charge in [-0.15, -0.1) is 0 Å². The predicted octanol–water partition coefficient (Wildman–Crippen LogP) is -0.273. The van der Waals surface area contributed by atoms with Crippen molar-refractivity contribution in [2.24, 2.45) is 0 Å². The maximum absolute atomic E-state index is 11.4. The maximum Gasteiger partial charge on any atom is 0.326 e. The molecule has 1 atom stereocenters. The van der Waals surface area contributed by atoms with E-state index in [1.165, 1.54) is 0 Å². The lowest BCUT2D eigenvalue weighted by molar-refractivity contribution is -0.147. The Morgan fingerprint density at radius 3 is 2.37 bits per heavy atom. The Hall–Kier alpha value is -1.83. The second-order valence-electron chi connectivity index (χ2n) is 3.99. The third-order valence-corrected chi connectivity index (χ3v) is 2.04. The Kier molecular flexibility index (Phi) is 8.27. The van der Waals surface area contributed by atoms with E-state index in [1.807, 2.05) is 13.8 Å². The highest BCUT2D eigenvalue weighted by atomic mass is 16.5. The second kappa shape index (κ2) is 9.15. The summed E-state index contributed by atoms with van der Waals surface area (Å²) >= 11 is 0. The maximum atomic E-state index is 11.4. The largest absolute Gasteiger partial charge is 0.480 e. The van der Waals surface area contributed by atoms with Crippen molar-refractivity contribution in [3.8, 4) is 0 Å². The fourth-order valence-electron chi connectivity index (χ4n) is 1.12. The SMILES string of the molecule is COC(=O)C[C@H](NC(=O)NCCOC(C)C)C(=O)O. The molecule has 0 bridgehead atoms. The van der Waals surface area contributed by atoms with Gasteiger partial charge in [0, 0.05) is 6.54 Å². The van der Waals surface area contributed by atoms with Gasteiger partial charge in [-0.1, -0.05) is 0 Å². The molecule has 8 nitrogen and oxygen atoms in total. The highest BCUT2D eigenvalue weighted by Gasteiger charge is 2.23. The summed E-state index contributed by atoms with van der Waals surface area (Å²) in [6, 6.07) is -2.00. The van der Waals surface area contributed by atoms with Crippen LogP contribution in [0.25, 0.3) is 0 Å². The molecule has 8 heteroatoms. The lowest BCUT2D eigenvalue weighted by Gasteiger charge is -2.14. The van der Waals surface area contributed by atoms with Crippen molar-refractivity contribution in [1.29, 1.82) is 0 Å². The minimum Gasteiger partial charge on any atom is -0.480 e. The average molecular weight is 276 g/mol. The topological polar surface area (TPSA) is 114 Å². The number of methoxy groups -OCH3 is 1. The molecular formula is C11H20N2O6. The normalized spacial score (nSPS) is 11.8. The van der Waals surface area contributed by atoms with Crippen LogP contribution in [0.5, 0.6) is 0 Å². The number of hydrogen-bond donors (Lipinski definition) is 3. The molecule has 0 spiro atoms. The molecule has 0 aromatic heterocycles. The minimum absolute atomic E-state index is 0.0518. The van der Waals surface area contributed by atoms with Gasteiger partial charge in [0.05, 0.1) is 26.2 Å². The average Bonchev–Trinajstić information content (AvgIpc) is 2.33. The number of hydrogen-bond acceptors (Lipinski definition) is 5. The van der Waals surface area contributed by atoms with Crippen LogP contribution in [-0.4, -0.2) is 55.5 Å². The van der Waals surface area contributed by atoms with E-state index in [9.17, 15) is 14.4 Å². The Morgan fingerprint density at radius 1 is 1.26 bits per heavy atom. The van der Waals surface area contributed by atoms with Gasteiger partial charge < -0.3 is 25.2 Å². The number of urea groups is 1. The number of nitrogens with one attached hydrogen (secondary N) is 2. The molecule has 0 aliphatic heterocycles. The number of esters is 1. The molecule has 2 amide bonds. The van der Waals surface area contributed by atoms with Crippen molar-refractivity contribution < 1.29 is 29.0 Å². The fourth-order valence-corrected chi connectivity index (χ4v) is 1.12. The van der Waals surface area contributed by atoms with Gasteiger partial charge >= 0.3 is 18.0 Å². The Labute approximate surface area is 111 Å². The number of carbonyl (C=O) groups is 3. The van der Waals surface area contributed by atoms with Gasteiger partial charge in [-0.2, -0.15) is 0 Å². The molecule has 0 aromatic carbocycles. The molecule has 0 heterocycles. The zero-order valence-corrected chi connectivity index (χ0v) is 11.3. The summed E-state index contributed by atoms with van der Waals surface area (Å²) in [5, 5.41) is 13.4. The number of carboxylic acid groups (broad SMARTS) is 1. The van der Waals surface area contributed by atoms with E-state index in [0.29, 0.717) is 6.61 Å². The first-order valence-electron chi connectivity index (χ1n) is 5.82. The third-order valence-electron chi connectivity index (χ3n) is 2.04. The Balaban J connectivity index is 4.04. The Morgan fingerprint density at radius 2 is 1.89 bits per heavy atom. The molecule has 0 saturated carbocycles. The van der Waals surface area contributed by atoms with E-state index in [0.717, 1.165) is 7.11 Å². The van der Waals surface area contributed by atoms with Gasteiger partial charge in [-0.05, 0) is 13.8 Å². The molecule has 0 rings (SSSR count).